The molecule has 0 spiro atoms. The summed E-state index contributed by atoms with van der Waals surface area (Å²) in [4.78, 5) is 18.0. The van der Waals surface area contributed by atoms with E-state index in [1.165, 1.54) is 30.6 Å². The molecule has 6 nitrogen and oxygen atoms in total. The highest BCUT2D eigenvalue weighted by Crippen LogP contribution is 2.32. The number of anilines is 1. The van der Waals surface area contributed by atoms with E-state index in [1.807, 2.05) is 6.07 Å². The Kier molecular flexibility index (Phi) is 4.80. The van der Waals surface area contributed by atoms with Crippen LogP contribution < -0.4 is 5.32 Å². The van der Waals surface area contributed by atoms with Gasteiger partial charge in [0.1, 0.15) is 23.7 Å². The molecule has 0 amide bonds. The van der Waals surface area contributed by atoms with Gasteiger partial charge in [-0.3, -0.25) is 0 Å². The molecular weight excluding hydrogens is 400 g/mol. The predicted molar refractivity (Wildman–Crippen MR) is 112 cm³/mol. The zero-order valence-corrected chi connectivity index (χ0v) is 16.1. The molecule has 0 fully saturated rings. The number of rotatable bonds is 5. The minimum Gasteiger partial charge on any atom is -0.467 e. The summed E-state index contributed by atoms with van der Waals surface area (Å²) >= 11 is 0. The number of fused-ring (bicyclic) bond motifs is 1. The number of furan rings is 1. The van der Waals surface area contributed by atoms with Crippen molar-refractivity contribution < 1.29 is 13.2 Å². The second kappa shape index (κ2) is 7.91. The normalized spacial score (nSPS) is 11.0. The van der Waals surface area contributed by atoms with E-state index < -0.39 is 0 Å². The summed E-state index contributed by atoms with van der Waals surface area (Å²) in [5, 5.41) is 3.19. The SMILES string of the molecule is Fc1ccc(-c2nc3ncnc(NCc4ccco4)c3nc2-c2ccc(F)cc2)cc1. The number of hydrogen-bond donors (Lipinski definition) is 1. The van der Waals surface area contributed by atoms with Crippen LogP contribution in [-0.2, 0) is 6.54 Å². The minimum absolute atomic E-state index is 0.354. The summed E-state index contributed by atoms with van der Waals surface area (Å²) in [5.41, 5.74) is 3.18. The number of nitrogens with zero attached hydrogens (tertiary/aromatic N) is 4. The van der Waals surface area contributed by atoms with Gasteiger partial charge in [-0.1, -0.05) is 0 Å². The molecule has 0 aliphatic carbocycles. The van der Waals surface area contributed by atoms with Crippen LogP contribution in [0.2, 0.25) is 0 Å². The van der Waals surface area contributed by atoms with Crippen LogP contribution in [0.25, 0.3) is 33.7 Å². The first-order valence-corrected chi connectivity index (χ1v) is 9.48. The standard InChI is InChI=1S/C23H15F2N5O/c24-16-7-3-14(4-8-16)19-20(15-5-9-17(25)10-6-15)30-23-21(29-19)22(27-13-28-23)26-12-18-2-1-11-31-18/h1-11,13H,12H2,(H,26,27,28,30). The summed E-state index contributed by atoms with van der Waals surface area (Å²) in [6.07, 6.45) is 2.99. The molecule has 0 atom stereocenters. The average molecular weight is 415 g/mol. The van der Waals surface area contributed by atoms with Crippen LogP contribution in [0.3, 0.4) is 0 Å². The molecule has 3 heterocycles. The maximum Gasteiger partial charge on any atom is 0.184 e. The van der Waals surface area contributed by atoms with E-state index in [9.17, 15) is 8.78 Å². The lowest BCUT2D eigenvalue weighted by Crippen LogP contribution is -2.05. The van der Waals surface area contributed by atoms with Crippen LogP contribution in [0.5, 0.6) is 0 Å². The minimum atomic E-state index is -0.357. The van der Waals surface area contributed by atoms with Crippen molar-refractivity contribution in [3.05, 3.63) is 90.6 Å². The summed E-state index contributed by atoms with van der Waals surface area (Å²) in [7, 11) is 0. The maximum absolute atomic E-state index is 13.5. The fourth-order valence-electron chi connectivity index (χ4n) is 3.21. The van der Waals surface area contributed by atoms with Crippen LogP contribution in [-0.4, -0.2) is 19.9 Å². The van der Waals surface area contributed by atoms with Crippen LogP contribution in [0.4, 0.5) is 14.6 Å². The Labute approximate surface area is 175 Å². The van der Waals surface area contributed by atoms with Crippen LogP contribution in [0.15, 0.2) is 77.7 Å². The van der Waals surface area contributed by atoms with Crippen LogP contribution in [0, 0.1) is 11.6 Å². The molecular formula is C23H15F2N5O. The molecule has 0 aliphatic heterocycles. The van der Waals surface area contributed by atoms with Crippen molar-refractivity contribution >= 4 is 17.0 Å². The Balaban J connectivity index is 1.67. The predicted octanol–water partition coefficient (Wildman–Crippen LogP) is 5.24. The molecule has 0 bridgehead atoms. The van der Waals surface area contributed by atoms with Crippen molar-refractivity contribution in [3.8, 4) is 22.5 Å². The highest BCUT2D eigenvalue weighted by molar-refractivity contribution is 5.89. The first-order valence-electron chi connectivity index (χ1n) is 9.48. The zero-order chi connectivity index (χ0) is 21.2. The van der Waals surface area contributed by atoms with Crippen LogP contribution in [0.1, 0.15) is 5.76 Å². The Morgan fingerprint density at radius 1 is 0.774 bits per heavy atom. The van der Waals surface area contributed by atoms with Gasteiger partial charge in [-0.2, -0.15) is 0 Å². The van der Waals surface area contributed by atoms with Crippen molar-refractivity contribution in [2.24, 2.45) is 0 Å². The van der Waals surface area contributed by atoms with Gasteiger partial charge < -0.3 is 9.73 Å². The van der Waals surface area contributed by atoms with E-state index in [1.54, 1.807) is 36.6 Å². The zero-order valence-electron chi connectivity index (χ0n) is 16.1. The fraction of sp³-hybridized carbons (Fsp3) is 0.0435. The fourth-order valence-corrected chi connectivity index (χ4v) is 3.21. The molecule has 8 heteroatoms. The van der Waals surface area contributed by atoms with Gasteiger partial charge >= 0.3 is 0 Å². The van der Waals surface area contributed by atoms with E-state index in [4.69, 9.17) is 9.40 Å². The average Bonchev–Trinajstić information content (AvgIpc) is 3.32. The highest BCUT2D eigenvalue weighted by Gasteiger charge is 2.17. The molecule has 3 aromatic heterocycles. The topological polar surface area (TPSA) is 76.7 Å². The number of hydrogen-bond acceptors (Lipinski definition) is 6. The lowest BCUT2D eigenvalue weighted by Gasteiger charge is -2.12. The van der Waals surface area contributed by atoms with Gasteiger partial charge in [0.05, 0.1) is 24.2 Å². The third-order valence-corrected chi connectivity index (χ3v) is 4.71. The smallest absolute Gasteiger partial charge is 0.184 e. The molecule has 31 heavy (non-hydrogen) atoms. The van der Waals surface area contributed by atoms with Gasteiger partial charge in [-0.15, -0.1) is 0 Å². The third-order valence-electron chi connectivity index (χ3n) is 4.71. The number of halogens is 2. The van der Waals surface area contributed by atoms with Gasteiger partial charge in [-0.25, -0.2) is 28.7 Å². The molecule has 2 aromatic carbocycles. The highest BCUT2D eigenvalue weighted by atomic mass is 19.1. The Hall–Kier alpha value is -4.20. The van der Waals surface area contributed by atoms with Crippen molar-refractivity contribution in [1.29, 1.82) is 0 Å². The number of aromatic nitrogens is 4. The quantitative estimate of drug-likeness (QED) is 0.423. The first kappa shape index (κ1) is 18.8. The van der Waals surface area contributed by atoms with Gasteiger partial charge in [0.25, 0.3) is 0 Å². The molecule has 5 rings (SSSR count). The van der Waals surface area contributed by atoms with Gasteiger partial charge in [0.2, 0.25) is 0 Å². The monoisotopic (exact) mass is 415 g/mol. The van der Waals surface area contributed by atoms with E-state index in [0.29, 0.717) is 46.0 Å². The molecule has 0 saturated carbocycles. The van der Waals surface area contributed by atoms with E-state index in [2.05, 4.69) is 20.3 Å². The second-order valence-corrected chi connectivity index (χ2v) is 6.76. The van der Waals surface area contributed by atoms with Crippen molar-refractivity contribution in [3.63, 3.8) is 0 Å². The van der Waals surface area contributed by atoms with Crippen molar-refractivity contribution in [1.82, 2.24) is 19.9 Å². The second-order valence-electron chi connectivity index (χ2n) is 6.76. The Morgan fingerprint density at radius 2 is 1.42 bits per heavy atom. The molecule has 5 aromatic rings. The Morgan fingerprint density at radius 3 is 2.03 bits per heavy atom. The largest absolute Gasteiger partial charge is 0.467 e. The summed E-state index contributed by atoms with van der Waals surface area (Å²) < 4.78 is 32.3. The maximum atomic E-state index is 13.5. The van der Waals surface area contributed by atoms with Gasteiger partial charge in [0.15, 0.2) is 17.0 Å². The van der Waals surface area contributed by atoms with E-state index in [0.717, 1.165) is 5.76 Å². The summed E-state index contributed by atoms with van der Waals surface area (Å²) in [6.45, 7) is 0.409. The molecule has 0 unspecified atom stereocenters. The molecule has 1 N–H and O–H groups in total. The summed E-state index contributed by atoms with van der Waals surface area (Å²) in [6, 6.07) is 15.5. The van der Waals surface area contributed by atoms with Crippen molar-refractivity contribution in [2.45, 2.75) is 6.54 Å². The van der Waals surface area contributed by atoms with E-state index >= 15 is 0 Å². The van der Waals surface area contributed by atoms with Gasteiger partial charge in [0, 0.05) is 11.1 Å². The first-order chi connectivity index (χ1) is 15.2. The number of benzene rings is 2. The molecule has 0 aliphatic rings. The third kappa shape index (κ3) is 3.83. The number of nitrogens with one attached hydrogen (secondary N) is 1. The molecule has 152 valence electrons. The molecule has 0 radical (unpaired) electrons. The van der Waals surface area contributed by atoms with Gasteiger partial charge in [-0.05, 0) is 60.7 Å². The lowest BCUT2D eigenvalue weighted by molar-refractivity contribution is 0.518. The Bertz CT molecular complexity index is 1340. The molecule has 0 saturated heterocycles. The summed E-state index contributed by atoms with van der Waals surface area (Å²) in [5.74, 6) is 0.516. The van der Waals surface area contributed by atoms with E-state index in [-0.39, 0.29) is 11.6 Å². The van der Waals surface area contributed by atoms with Crippen LogP contribution >= 0.6 is 0 Å². The lowest BCUT2D eigenvalue weighted by atomic mass is 10.0. The van der Waals surface area contributed by atoms with Crippen molar-refractivity contribution in [2.75, 3.05) is 5.32 Å².